The van der Waals surface area contributed by atoms with Gasteiger partial charge in [-0.1, -0.05) is 29.8 Å². The van der Waals surface area contributed by atoms with E-state index < -0.39 is 11.9 Å². The molecule has 2 bridgehead atoms. The molecule has 1 saturated heterocycles. The van der Waals surface area contributed by atoms with Gasteiger partial charge in [-0.15, -0.1) is 0 Å². The van der Waals surface area contributed by atoms with Gasteiger partial charge in [-0.2, -0.15) is 0 Å². The minimum absolute atomic E-state index is 0.0780. The molecule has 1 amide bonds. The third-order valence-electron chi connectivity index (χ3n) is 6.83. The molecule has 1 aliphatic heterocycles. The van der Waals surface area contributed by atoms with Gasteiger partial charge in [-0.05, 0) is 49.1 Å². The first-order valence-corrected chi connectivity index (χ1v) is 10.4. The van der Waals surface area contributed by atoms with Gasteiger partial charge in [-0.3, -0.25) is 14.5 Å². The summed E-state index contributed by atoms with van der Waals surface area (Å²) in [6.45, 7) is 3.73. The second-order valence-corrected chi connectivity index (χ2v) is 8.66. The van der Waals surface area contributed by atoms with Gasteiger partial charge in [-0.25, -0.2) is 0 Å². The molecule has 5 nitrogen and oxygen atoms in total. The topological polar surface area (TPSA) is 60.9 Å². The van der Waals surface area contributed by atoms with Crippen molar-refractivity contribution in [2.24, 2.45) is 23.7 Å². The van der Waals surface area contributed by atoms with Crippen molar-refractivity contribution < 1.29 is 14.7 Å². The van der Waals surface area contributed by atoms with E-state index in [9.17, 15) is 14.7 Å². The van der Waals surface area contributed by atoms with Crippen molar-refractivity contribution in [3.63, 3.8) is 0 Å². The molecule has 1 aromatic carbocycles. The lowest BCUT2D eigenvalue weighted by Gasteiger charge is -2.48. The first kappa shape index (κ1) is 18.8. The molecule has 3 aliphatic carbocycles. The van der Waals surface area contributed by atoms with Crippen LogP contribution in [0.3, 0.4) is 0 Å². The number of fused-ring (bicyclic) bond motifs is 3. The summed E-state index contributed by atoms with van der Waals surface area (Å²) in [6, 6.07) is 7.86. The Hall–Kier alpha value is -1.59. The van der Waals surface area contributed by atoms with E-state index in [0.29, 0.717) is 13.1 Å². The molecule has 4 fully saturated rings. The van der Waals surface area contributed by atoms with Gasteiger partial charge in [0.15, 0.2) is 0 Å². The molecule has 1 aromatic rings. The van der Waals surface area contributed by atoms with E-state index >= 15 is 0 Å². The molecule has 6 heteroatoms. The normalized spacial score (nSPS) is 31.1. The standard InChI is InChI=1S/C21H27ClN2O3/c22-17-4-2-1-3-16(17)13-23-9-11-24(12-10-23)20(25)18-14-5-7-15(8-6-14)19(18)21(26)27/h1-4,14-15,18-19H,5-13H2,(H,26,27). The van der Waals surface area contributed by atoms with Crippen molar-refractivity contribution in [1.82, 2.24) is 9.80 Å². The maximum absolute atomic E-state index is 13.2. The fourth-order valence-corrected chi connectivity index (χ4v) is 5.56. The molecule has 1 N–H and O–H groups in total. The number of hydrogen-bond acceptors (Lipinski definition) is 3. The van der Waals surface area contributed by atoms with Crippen LogP contribution in [0.15, 0.2) is 24.3 Å². The van der Waals surface area contributed by atoms with E-state index in [1.165, 1.54) is 0 Å². The second kappa shape index (κ2) is 7.80. The van der Waals surface area contributed by atoms with Crippen molar-refractivity contribution >= 4 is 23.5 Å². The van der Waals surface area contributed by atoms with Crippen LogP contribution >= 0.6 is 11.6 Å². The summed E-state index contributed by atoms with van der Waals surface area (Å²) < 4.78 is 0. The highest BCUT2D eigenvalue weighted by Gasteiger charge is 2.51. The average molecular weight is 391 g/mol. The van der Waals surface area contributed by atoms with Crippen LogP contribution in [0.1, 0.15) is 31.2 Å². The molecule has 2 atom stereocenters. The number of carboxylic acid groups (broad SMARTS) is 1. The predicted molar refractivity (Wildman–Crippen MR) is 103 cm³/mol. The van der Waals surface area contributed by atoms with Crippen LogP contribution in [0.4, 0.5) is 0 Å². The Bertz CT molecular complexity index is 709. The third kappa shape index (κ3) is 3.72. The molecule has 1 heterocycles. The van der Waals surface area contributed by atoms with E-state index in [1.54, 1.807) is 0 Å². The summed E-state index contributed by atoms with van der Waals surface area (Å²) in [5.74, 6) is -1.06. The Kier molecular flexibility index (Phi) is 5.42. The molecule has 2 unspecified atom stereocenters. The SMILES string of the molecule is O=C(O)C1C2CCC(CC2)C1C(=O)N1CCN(Cc2ccccc2Cl)CC1. The Morgan fingerprint density at radius 1 is 0.963 bits per heavy atom. The highest BCUT2D eigenvalue weighted by molar-refractivity contribution is 6.31. The molecule has 5 rings (SSSR count). The van der Waals surface area contributed by atoms with Crippen LogP contribution in [-0.2, 0) is 16.1 Å². The van der Waals surface area contributed by atoms with Crippen molar-refractivity contribution in [3.8, 4) is 0 Å². The Morgan fingerprint density at radius 3 is 2.15 bits per heavy atom. The zero-order chi connectivity index (χ0) is 19.0. The molecule has 0 radical (unpaired) electrons. The van der Waals surface area contributed by atoms with E-state index in [-0.39, 0.29) is 23.7 Å². The minimum atomic E-state index is -0.778. The second-order valence-electron chi connectivity index (χ2n) is 8.26. The lowest BCUT2D eigenvalue weighted by atomic mass is 9.58. The number of nitrogens with zero attached hydrogens (tertiary/aromatic N) is 2. The number of carboxylic acids is 1. The van der Waals surface area contributed by atoms with Gasteiger partial charge in [0.2, 0.25) is 5.91 Å². The molecule has 27 heavy (non-hydrogen) atoms. The fraction of sp³-hybridized carbons (Fsp3) is 0.619. The van der Waals surface area contributed by atoms with Gasteiger partial charge in [0.25, 0.3) is 0 Å². The zero-order valence-corrected chi connectivity index (χ0v) is 16.3. The molecule has 3 saturated carbocycles. The maximum Gasteiger partial charge on any atom is 0.307 e. The van der Waals surface area contributed by atoms with Crippen LogP contribution in [0, 0.1) is 23.7 Å². The van der Waals surface area contributed by atoms with Gasteiger partial charge < -0.3 is 10.0 Å². The number of aliphatic carboxylic acids is 1. The largest absolute Gasteiger partial charge is 0.481 e. The first-order valence-electron chi connectivity index (χ1n) is 10.0. The summed E-state index contributed by atoms with van der Waals surface area (Å²) in [5, 5.41) is 10.5. The molecule has 4 aliphatic rings. The van der Waals surface area contributed by atoms with Crippen molar-refractivity contribution in [1.29, 1.82) is 0 Å². The van der Waals surface area contributed by atoms with Gasteiger partial charge in [0.1, 0.15) is 0 Å². The summed E-state index contributed by atoms with van der Waals surface area (Å²) >= 11 is 6.26. The number of rotatable bonds is 4. The molecular formula is C21H27ClN2O3. The molecule has 0 spiro atoms. The Balaban J connectivity index is 1.38. The lowest BCUT2D eigenvalue weighted by Crippen LogP contribution is -2.55. The number of piperazine rings is 1. The van der Waals surface area contributed by atoms with Gasteiger partial charge >= 0.3 is 5.97 Å². The minimum Gasteiger partial charge on any atom is -0.481 e. The number of carbonyl (C=O) groups is 2. The van der Waals surface area contributed by atoms with Gasteiger partial charge in [0.05, 0.1) is 11.8 Å². The monoisotopic (exact) mass is 390 g/mol. The van der Waals surface area contributed by atoms with E-state index in [1.807, 2.05) is 29.2 Å². The van der Waals surface area contributed by atoms with Crippen LogP contribution in [-0.4, -0.2) is 53.0 Å². The molecule has 0 aromatic heterocycles. The average Bonchev–Trinajstić information content (AvgIpc) is 2.70. The van der Waals surface area contributed by atoms with Crippen molar-refractivity contribution in [3.05, 3.63) is 34.9 Å². The molecular weight excluding hydrogens is 364 g/mol. The summed E-state index contributed by atoms with van der Waals surface area (Å²) in [7, 11) is 0. The smallest absolute Gasteiger partial charge is 0.307 e. The van der Waals surface area contributed by atoms with Crippen molar-refractivity contribution in [2.45, 2.75) is 32.2 Å². The quantitative estimate of drug-likeness (QED) is 0.858. The zero-order valence-electron chi connectivity index (χ0n) is 15.5. The van der Waals surface area contributed by atoms with Gasteiger partial charge in [0, 0.05) is 37.7 Å². The third-order valence-corrected chi connectivity index (χ3v) is 7.19. The van der Waals surface area contributed by atoms with Crippen LogP contribution in [0.25, 0.3) is 0 Å². The lowest BCUT2D eigenvalue weighted by molar-refractivity contribution is -0.163. The number of hydrogen-bond donors (Lipinski definition) is 1. The van der Waals surface area contributed by atoms with E-state index in [4.69, 9.17) is 11.6 Å². The summed E-state index contributed by atoms with van der Waals surface area (Å²) in [6.07, 6.45) is 3.96. The summed E-state index contributed by atoms with van der Waals surface area (Å²) in [4.78, 5) is 29.3. The van der Waals surface area contributed by atoms with Crippen molar-refractivity contribution in [2.75, 3.05) is 26.2 Å². The summed E-state index contributed by atoms with van der Waals surface area (Å²) in [5.41, 5.74) is 1.11. The van der Waals surface area contributed by atoms with Crippen LogP contribution in [0.2, 0.25) is 5.02 Å². The molecule has 146 valence electrons. The van der Waals surface area contributed by atoms with E-state index in [2.05, 4.69) is 4.90 Å². The Morgan fingerprint density at radius 2 is 1.56 bits per heavy atom. The number of amides is 1. The van der Waals surface area contributed by atoms with Crippen LogP contribution < -0.4 is 0 Å². The number of benzene rings is 1. The Labute approximate surface area is 165 Å². The first-order chi connectivity index (χ1) is 13.0. The highest BCUT2D eigenvalue weighted by Crippen LogP contribution is 2.49. The van der Waals surface area contributed by atoms with E-state index in [0.717, 1.165) is 55.9 Å². The predicted octanol–water partition coefficient (Wildman–Crippen LogP) is 3.12. The highest BCUT2D eigenvalue weighted by atomic mass is 35.5. The number of halogens is 1. The number of carbonyl (C=O) groups excluding carboxylic acids is 1. The maximum atomic E-state index is 13.2. The van der Waals surface area contributed by atoms with Crippen LogP contribution in [0.5, 0.6) is 0 Å². The fourth-order valence-electron chi connectivity index (χ4n) is 5.36.